The molecule has 0 N–H and O–H groups in total. The van der Waals surface area contributed by atoms with Gasteiger partial charge in [-0.1, -0.05) is 0 Å². The molecule has 0 radical (unpaired) electrons. The van der Waals surface area contributed by atoms with Crippen molar-refractivity contribution in [3.63, 3.8) is 0 Å². The van der Waals surface area contributed by atoms with Crippen molar-refractivity contribution < 1.29 is 0 Å². The van der Waals surface area contributed by atoms with E-state index in [1.807, 2.05) is 0 Å². The van der Waals surface area contributed by atoms with E-state index >= 15 is 0 Å². The highest BCUT2D eigenvalue weighted by Crippen LogP contribution is 2.33. The zero-order chi connectivity index (χ0) is 5.56. The summed E-state index contributed by atoms with van der Waals surface area (Å²) in [5.41, 5.74) is 0. The predicted molar refractivity (Wildman–Crippen MR) is 33.8 cm³/mol. The molecule has 2 aliphatic rings. The van der Waals surface area contributed by atoms with Crippen LogP contribution < -0.4 is 0 Å². The van der Waals surface area contributed by atoms with Crippen LogP contribution in [-0.4, -0.2) is 24.0 Å². The Balaban J connectivity index is 2.16. The monoisotopic (exact) mass is 111 g/mol. The molecule has 0 aromatic rings. The molecule has 0 aliphatic carbocycles. The minimum absolute atomic E-state index is 0.926. The van der Waals surface area contributed by atoms with Crippen LogP contribution in [0.4, 0.5) is 0 Å². The van der Waals surface area contributed by atoms with Gasteiger partial charge in [0.1, 0.15) is 0 Å². The first-order valence-corrected chi connectivity index (χ1v) is 3.62. The summed E-state index contributed by atoms with van der Waals surface area (Å²) in [6, 6.07) is 0.926. The van der Waals surface area contributed by atoms with Crippen molar-refractivity contribution in [1.82, 2.24) is 4.90 Å². The lowest BCUT2D eigenvalue weighted by molar-refractivity contribution is 0.315. The molecule has 0 saturated carbocycles. The zero-order valence-electron chi connectivity index (χ0n) is 5.43. The molecule has 1 atom stereocenters. The molecule has 2 rings (SSSR count). The van der Waals surface area contributed by atoms with Crippen LogP contribution in [-0.2, 0) is 0 Å². The maximum absolute atomic E-state index is 2.60. The first-order valence-electron chi connectivity index (χ1n) is 3.62. The van der Waals surface area contributed by atoms with E-state index in [0.717, 1.165) is 12.0 Å². The third kappa shape index (κ3) is 0.455. The lowest BCUT2D eigenvalue weighted by Gasteiger charge is -2.12. The smallest absolute Gasteiger partial charge is 0.00961 e. The van der Waals surface area contributed by atoms with E-state index in [9.17, 15) is 0 Å². The van der Waals surface area contributed by atoms with Crippen LogP contribution in [0.3, 0.4) is 0 Å². The number of nitrogens with zero attached hydrogens (tertiary/aromatic N) is 1. The van der Waals surface area contributed by atoms with E-state index in [0.29, 0.717) is 0 Å². The first-order chi connectivity index (χ1) is 3.88. The molecule has 0 aromatic carbocycles. The van der Waals surface area contributed by atoms with Crippen LogP contribution in [0, 0.1) is 5.92 Å². The summed E-state index contributed by atoms with van der Waals surface area (Å²) in [4.78, 5) is 2.60. The topological polar surface area (TPSA) is 3.24 Å². The molecule has 2 saturated heterocycles. The predicted octanol–water partition coefficient (Wildman–Crippen LogP) is 1.10. The highest BCUT2D eigenvalue weighted by Gasteiger charge is 2.35. The molecular weight excluding hydrogens is 98.1 g/mol. The third-order valence-corrected chi connectivity index (χ3v) is 2.83. The fraction of sp³-hybridized carbons (Fsp3) is 1.00. The minimum Gasteiger partial charge on any atom is -0.300 e. The normalized spacial score (nSPS) is 52.9. The molecule has 2 heterocycles. The number of hydrogen-bond acceptors (Lipinski definition) is 1. The van der Waals surface area contributed by atoms with Crippen LogP contribution in [0.25, 0.3) is 0 Å². The van der Waals surface area contributed by atoms with Gasteiger partial charge >= 0.3 is 0 Å². The lowest BCUT2D eigenvalue weighted by atomic mass is 10.0. The average Bonchev–Trinajstić information content (AvgIpc) is 2.29. The molecule has 46 valence electrons. The maximum atomic E-state index is 2.60. The van der Waals surface area contributed by atoms with Crippen molar-refractivity contribution in [2.75, 3.05) is 13.1 Å². The Morgan fingerprint density at radius 3 is 2.00 bits per heavy atom. The molecule has 2 fully saturated rings. The van der Waals surface area contributed by atoms with Gasteiger partial charge in [-0.3, -0.25) is 0 Å². The zero-order valence-corrected chi connectivity index (χ0v) is 5.43. The first kappa shape index (κ1) is 4.80. The molecule has 2 bridgehead atoms. The van der Waals surface area contributed by atoms with E-state index in [1.165, 1.54) is 25.9 Å². The number of rotatable bonds is 0. The van der Waals surface area contributed by atoms with E-state index in [-0.39, 0.29) is 0 Å². The van der Waals surface area contributed by atoms with E-state index in [4.69, 9.17) is 0 Å². The van der Waals surface area contributed by atoms with Crippen LogP contribution >= 0.6 is 0 Å². The van der Waals surface area contributed by atoms with Gasteiger partial charge in [-0.2, -0.15) is 0 Å². The van der Waals surface area contributed by atoms with Crippen molar-refractivity contribution in [3.05, 3.63) is 0 Å². The Bertz CT molecular complexity index is 80.6. The van der Waals surface area contributed by atoms with Crippen LogP contribution in [0.5, 0.6) is 0 Å². The van der Waals surface area contributed by atoms with Gasteiger partial charge in [0.25, 0.3) is 0 Å². The van der Waals surface area contributed by atoms with Gasteiger partial charge in [-0.25, -0.2) is 0 Å². The third-order valence-electron chi connectivity index (χ3n) is 2.83. The lowest BCUT2D eigenvalue weighted by Crippen LogP contribution is -2.22. The molecule has 1 nitrogen and oxygen atoms in total. The highest BCUT2D eigenvalue weighted by atomic mass is 15.2. The van der Waals surface area contributed by atoms with Crippen molar-refractivity contribution in [2.45, 2.75) is 25.8 Å². The van der Waals surface area contributed by atoms with E-state index in [1.54, 1.807) is 0 Å². The van der Waals surface area contributed by atoms with Gasteiger partial charge in [-0.05, 0) is 38.8 Å². The maximum Gasteiger partial charge on any atom is 0.00961 e. The van der Waals surface area contributed by atoms with Crippen molar-refractivity contribution in [1.29, 1.82) is 0 Å². The van der Waals surface area contributed by atoms with Gasteiger partial charge in [0.15, 0.2) is 0 Å². The summed E-state index contributed by atoms with van der Waals surface area (Å²) in [6.45, 7) is 5.13. The van der Waals surface area contributed by atoms with Gasteiger partial charge in [0, 0.05) is 6.04 Å². The Hall–Kier alpha value is -0.0400. The Kier molecular flexibility index (Phi) is 0.884. The highest BCUT2D eigenvalue weighted by molar-refractivity contribution is 4.90. The molecule has 1 heteroatoms. The fourth-order valence-corrected chi connectivity index (χ4v) is 2.11. The van der Waals surface area contributed by atoms with Crippen LogP contribution in [0.15, 0.2) is 0 Å². The van der Waals surface area contributed by atoms with Crippen molar-refractivity contribution in [2.24, 2.45) is 5.92 Å². The SMILES string of the molecule is C[C@@H]1C2CCN1CC2. The molecule has 8 heavy (non-hydrogen) atoms. The van der Waals surface area contributed by atoms with Gasteiger partial charge < -0.3 is 4.90 Å². The van der Waals surface area contributed by atoms with Crippen LogP contribution in [0.2, 0.25) is 0 Å². The Morgan fingerprint density at radius 1 is 1.25 bits per heavy atom. The second-order valence-electron chi connectivity index (χ2n) is 3.11. The van der Waals surface area contributed by atoms with Crippen molar-refractivity contribution >= 4 is 0 Å². The van der Waals surface area contributed by atoms with Gasteiger partial charge in [0.05, 0.1) is 0 Å². The average molecular weight is 111 g/mol. The van der Waals surface area contributed by atoms with E-state index in [2.05, 4.69) is 11.8 Å². The molecule has 0 aromatic heterocycles. The summed E-state index contributed by atoms with van der Waals surface area (Å²) < 4.78 is 0. The summed E-state index contributed by atoms with van der Waals surface area (Å²) >= 11 is 0. The summed E-state index contributed by atoms with van der Waals surface area (Å²) in [7, 11) is 0. The summed E-state index contributed by atoms with van der Waals surface area (Å²) in [5, 5.41) is 0. The van der Waals surface area contributed by atoms with Gasteiger partial charge in [-0.15, -0.1) is 0 Å². The second-order valence-corrected chi connectivity index (χ2v) is 3.11. The van der Waals surface area contributed by atoms with E-state index < -0.39 is 0 Å². The molecule has 0 spiro atoms. The fourth-order valence-electron chi connectivity index (χ4n) is 2.11. The number of piperidine rings is 1. The standard InChI is InChI=1S/C7H13N/c1-6-7-2-4-8(6)5-3-7/h6-7H,2-5H2,1H3/t6-/m1/s1. The largest absolute Gasteiger partial charge is 0.300 e. The van der Waals surface area contributed by atoms with Gasteiger partial charge in [0.2, 0.25) is 0 Å². The minimum atomic E-state index is 0.926. The van der Waals surface area contributed by atoms with Crippen LogP contribution in [0.1, 0.15) is 19.8 Å². The number of fused-ring (bicyclic) bond motifs is 2. The quantitative estimate of drug-likeness (QED) is 0.452. The molecular formula is C7H13N. The Morgan fingerprint density at radius 2 is 1.88 bits per heavy atom. The summed E-state index contributed by atoms with van der Waals surface area (Å²) in [6.07, 6.45) is 2.95. The molecule has 0 unspecified atom stereocenters. The molecule has 2 aliphatic heterocycles. The Labute approximate surface area is 50.7 Å². The summed E-state index contributed by atoms with van der Waals surface area (Å²) in [5.74, 6) is 1.06. The van der Waals surface area contributed by atoms with Crippen molar-refractivity contribution in [3.8, 4) is 0 Å². The molecule has 0 amide bonds. The second kappa shape index (κ2) is 1.47. The number of hydrogen-bond donors (Lipinski definition) is 0.